The summed E-state index contributed by atoms with van der Waals surface area (Å²) in [5.74, 6) is 2.07. The summed E-state index contributed by atoms with van der Waals surface area (Å²) in [5, 5.41) is 2.96. The first-order valence-corrected chi connectivity index (χ1v) is 4.75. The van der Waals surface area contributed by atoms with Crippen molar-refractivity contribution in [3.63, 3.8) is 0 Å². The fourth-order valence-electron chi connectivity index (χ4n) is 1.05. The van der Waals surface area contributed by atoms with E-state index in [1.165, 1.54) is 0 Å². The zero-order valence-corrected chi connectivity index (χ0v) is 9.01. The first kappa shape index (κ1) is 11.4. The lowest BCUT2D eigenvalue weighted by molar-refractivity contribution is 0.0949. The van der Waals surface area contributed by atoms with Crippen molar-refractivity contribution in [2.75, 3.05) is 5.73 Å². The van der Waals surface area contributed by atoms with Gasteiger partial charge >= 0.3 is 0 Å². The summed E-state index contributed by atoms with van der Waals surface area (Å²) < 4.78 is 0. The lowest BCUT2D eigenvalue weighted by atomic mass is 10.1. The van der Waals surface area contributed by atoms with Gasteiger partial charge in [0.1, 0.15) is 0 Å². The van der Waals surface area contributed by atoms with Gasteiger partial charge in [0.25, 0.3) is 5.91 Å². The molecule has 0 heterocycles. The van der Waals surface area contributed by atoms with Crippen molar-refractivity contribution in [3.05, 3.63) is 28.8 Å². The Morgan fingerprint density at radius 3 is 2.93 bits per heavy atom. The van der Waals surface area contributed by atoms with Gasteiger partial charge in [-0.25, -0.2) is 0 Å². The predicted molar refractivity (Wildman–Crippen MR) is 61.6 cm³/mol. The molecule has 1 aromatic carbocycles. The number of halogens is 1. The number of anilines is 1. The monoisotopic (exact) mass is 222 g/mol. The Morgan fingerprint density at radius 2 is 2.33 bits per heavy atom. The molecular formula is C11H11ClN2O. The number of amides is 1. The zero-order valence-electron chi connectivity index (χ0n) is 8.25. The van der Waals surface area contributed by atoms with Gasteiger partial charge in [-0.05, 0) is 19.1 Å². The van der Waals surface area contributed by atoms with Crippen molar-refractivity contribution in [3.8, 4) is 12.3 Å². The lowest BCUT2D eigenvalue weighted by Crippen LogP contribution is -2.31. The van der Waals surface area contributed by atoms with Crippen molar-refractivity contribution in [1.82, 2.24) is 5.32 Å². The molecule has 3 nitrogen and oxygen atoms in total. The second-order valence-electron chi connectivity index (χ2n) is 3.06. The maximum absolute atomic E-state index is 11.6. The molecule has 1 aromatic rings. The molecule has 0 spiro atoms. The number of rotatable bonds is 2. The van der Waals surface area contributed by atoms with Crippen LogP contribution in [0.5, 0.6) is 0 Å². The van der Waals surface area contributed by atoms with E-state index in [9.17, 15) is 4.79 Å². The van der Waals surface area contributed by atoms with Gasteiger partial charge in [-0.15, -0.1) is 6.42 Å². The Kier molecular flexibility index (Phi) is 3.59. The third-order valence-electron chi connectivity index (χ3n) is 1.90. The highest BCUT2D eigenvalue weighted by atomic mass is 35.5. The van der Waals surface area contributed by atoms with Gasteiger partial charge in [-0.2, -0.15) is 0 Å². The number of nitrogens with one attached hydrogen (secondary N) is 1. The maximum Gasteiger partial charge on any atom is 0.254 e. The smallest absolute Gasteiger partial charge is 0.254 e. The highest BCUT2D eigenvalue weighted by Crippen LogP contribution is 2.22. The minimum absolute atomic E-state index is 0.265. The minimum Gasteiger partial charge on any atom is -0.397 e. The molecule has 0 fully saturated rings. The number of hydrogen-bond donors (Lipinski definition) is 2. The van der Waals surface area contributed by atoms with Crippen LogP contribution in [0.1, 0.15) is 17.3 Å². The number of benzene rings is 1. The van der Waals surface area contributed by atoms with E-state index in [0.29, 0.717) is 10.6 Å². The number of nitrogen functional groups attached to an aromatic ring is 1. The second kappa shape index (κ2) is 4.72. The van der Waals surface area contributed by atoms with Crippen LogP contribution in [-0.4, -0.2) is 11.9 Å². The normalized spacial score (nSPS) is 11.5. The summed E-state index contributed by atoms with van der Waals surface area (Å²) in [6.07, 6.45) is 5.14. The highest BCUT2D eigenvalue weighted by molar-refractivity contribution is 6.33. The van der Waals surface area contributed by atoms with E-state index in [1.807, 2.05) is 0 Å². The standard InChI is InChI=1S/C11H11ClN2O/c1-3-7(2)14-11(15)8-5-4-6-9(12)10(8)13/h1,4-7H,13H2,2H3,(H,14,15). The van der Waals surface area contributed by atoms with E-state index < -0.39 is 0 Å². The third kappa shape index (κ3) is 2.64. The molecule has 1 unspecified atom stereocenters. The van der Waals surface area contributed by atoms with Crippen LogP contribution in [0.3, 0.4) is 0 Å². The largest absolute Gasteiger partial charge is 0.397 e. The van der Waals surface area contributed by atoms with Crippen molar-refractivity contribution >= 4 is 23.2 Å². The van der Waals surface area contributed by atoms with Crippen molar-refractivity contribution in [2.45, 2.75) is 13.0 Å². The molecule has 0 bridgehead atoms. The molecule has 0 aromatic heterocycles. The Hall–Kier alpha value is -1.66. The van der Waals surface area contributed by atoms with Gasteiger partial charge in [-0.1, -0.05) is 23.6 Å². The summed E-state index contributed by atoms with van der Waals surface area (Å²) in [6.45, 7) is 1.71. The molecule has 1 rings (SSSR count). The average Bonchev–Trinajstić information content (AvgIpc) is 2.21. The van der Waals surface area contributed by atoms with E-state index in [-0.39, 0.29) is 17.6 Å². The quantitative estimate of drug-likeness (QED) is 0.591. The van der Waals surface area contributed by atoms with Crippen molar-refractivity contribution in [2.24, 2.45) is 0 Å². The Balaban J connectivity index is 2.93. The van der Waals surface area contributed by atoms with Crippen LogP contribution >= 0.6 is 11.6 Å². The second-order valence-corrected chi connectivity index (χ2v) is 3.47. The molecule has 0 saturated carbocycles. The van der Waals surface area contributed by atoms with Crippen LogP contribution in [0.4, 0.5) is 5.69 Å². The van der Waals surface area contributed by atoms with E-state index >= 15 is 0 Å². The SMILES string of the molecule is C#CC(C)NC(=O)c1cccc(Cl)c1N. The van der Waals surface area contributed by atoms with Crippen LogP contribution in [0.2, 0.25) is 5.02 Å². The number of para-hydroxylation sites is 1. The first-order valence-electron chi connectivity index (χ1n) is 4.37. The van der Waals surface area contributed by atoms with Gasteiger partial charge in [0.05, 0.1) is 22.3 Å². The number of carbonyl (C=O) groups is 1. The minimum atomic E-state index is -0.337. The van der Waals surface area contributed by atoms with Crippen molar-refractivity contribution < 1.29 is 4.79 Å². The Labute approximate surface area is 93.6 Å². The molecule has 78 valence electrons. The van der Waals surface area contributed by atoms with Gasteiger partial charge in [-0.3, -0.25) is 4.79 Å². The lowest BCUT2D eigenvalue weighted by Gasteiger charge is -2.10. The van der Waals surface area contributed by atoms with Crippen LogP contribution < -0.4 is 11.1 Å². The van der Waals surface area contributed by atoms with E-state index in [2.05, 4.69) is 11.2 Å². The molecule has 0 aliphatic carbocycles. The molecule has 1 atom stereocenters. The molecule has 3 N–H and O–H groups in total. The van der Waals surface area contributed by atoms with Crippen LogP contribution in [-0.2, 0) is 0 Å². The van der Waals surface area contributed by atoms with Gasteiger partial charge in [0.15, 0.2) is 0 Å². The van der Waals surface area contributed by atoms with Crippen molar-refractivity contribution in [1.29, 1.82) is 0 Å². The van der Waals surface area contributed by atoms with Gasteiger partial charge in [0, 0.05) is 0 Å². The molecule has 1 amide bonds. The summed E-state index contributed by atoms with van der Waals surface area (Å²) >= 11 is 5.78. The molecule has 0 aliphatic rings. The van der Waals surface area contributed by atoms with Crippen LogP contribution in [0.25, 0.3) is 0 Å². The number of nitrogens with two attached hydrogens (primary N) is 1. The fourth-order valence-corrected chi connectivity index (χ4v) is 1.23. The first-order chi connectivity index (χ1) is 7.06. The molecule has 15 heavy (non-hydrogen) atoms. The highest BCUT2D eigenvalue weighted by Gasteiger charge is 2.12. The maximum atomic E-state index is 11.6. The third-order valence-corrected chi connectivity index (χ3v) is 2.22. The summed E-state index contributed by atoms with van der Waals surface area (Å²) in [5.41, 5.74) is 6.26. The Bertz CT molecular complexity index is 423. The van der Waals surface area contributed by atoms with E-state index in [1.54, 1.807) is 25.1 Å². The fraction of sp³-hybridized carbons (Fsp3) is 0.182. The van der Waals surface area contributed by atoms with Gasteiger partial charge in [0.2, 0.25) is 0 Å². The predicted octanol–water partition coefficient (Wildman–Crippen LogP) is 1.67. The van der Waals surface area contributed by atoms with Crippen LogP contribution in [0, 0.1) is 12.3 Å². The molecular weight excluding hydrogens is 212 g/mol. The molecule has 0 aliphatic heterocycles. The molecule has 4 heteroatoms. The summed E-state index contributed by atoms with van der Waals surface area (Å²) in [4.78, 5) is 11.6. The van der Waals surface area contributed by atoms with E-state index in [0.717, 1.165) is 0 Å². The number of hydrogen-bond acceptors (Lipinski definition) is 2. The topological polar surface area (TPSA) is 55.1 Å². The Morgan fingerprint density at radius 1 is 1.67 bits per heavy atom. The van der Waals surface area contributed by atoms with E-state index in [4.69, 9.17) is 23.8 Å². The summed E-state index contributed by atoms with van der Waals surface area (Å²) in [7, 11) is 0. The summed E-state index contributed by atoms with van der Waals surface area (Å²) in [6, 6.07) is 4.54. The average molecular weight is 223 g/mol. The molecule has 0 radical (unpaired) electrons. The zero-order chi connectivity index (χ0) is 11.4. The number of carbonyl (C=O) groups excluding carboxylic acids is 1. The van der Waals surface area contributed by atoms with Gasteiger partial charge < -0.3 is 11.1 Å². The van der Waals surface area contributed by atoms with Crippen LogP contribution in [0.15, 0.2) is 18.2 Å². The molecule has 0 saturated heterocycles. The number of terminal acetylenes is 1.